The third-order valence-corrected chi connectivity index (χ3v) is 7.77. The summed E-state index contributed by atoms with van der Waals surface area (Å²) in [6, 6.07) is 0. The third-order valence-electron chi connectivity index (χ3n) is 7.77. The van der Waals surface area contributed by atoms with E-state index in [4.69, 9.17) is 9.84 Å². The van der Waals surface area contributed by atoms with Gasteiger partial charge in [-0.2, -0.15) is 0 Å². The molecule has 0 spiro atoms. The molecule has 4 nitrogen and oxygen atoms in total. The number of carboxylic acid groups (broad SMARTS) is 1. The van der Waals surface area contributed by atoms with Crippen molar-refractivity contribution in [2.75, 3.05) is 6.61 Å². The first-order valence-corrected chi connectivity index (χ1v) is 17.1. The Labute approximate surface area is 243 Å². The normalized spacial score (nSPS) is 12.3. The van der Waals surface area contributed by atoms with Gasteiger partial charge in [-0.25, -0.2) is 0 Å². The molecule has 0 aromatic carbocycles. The number of rotatable bonds is 31. The van der Waals surface area contributed by atoms with E-state index in [2.05, 4.69) is 19.1 Å². The van der Waals surface area contributed by atoms with Crippen molar-refractivity contribution < 1.29 is 19.4 Å². The number of carbonyl (C=O) groups excluding carboxylic acids is 1. The van der Waals surface area contributed by atoms with Crippen molar-refractivity contribution in [1.29, 1.82) is 0 Å². The second-order valence-electron chi connectivity index (χ2n) is 11.7. The lowest BCUT2D eigenvalue weighted by molar-refractivity contribution is -0.153. The second-order valence-corrected chi connectivity index (χ2v) is 11.7. The highest BCUT2D eigenvalue weighted by molar-refractivity contribution is 5.79. The van der Waals surface area contributed by atoms with E-state index in [0.29, 0.717) is 13.0 Å². The zero-order valence-electron chi connectivity index (χ0n) is 26.2. The molecule has 0 aliphatic carbocycles. The highest BCUT2D eigenvalue weighted by Gasteiger charge is 2.22. The first-order valence-electron chi connectivity index (χ1n) is 17.1. The molecule has 0 saturated heterocycles. The maximum atomic E-state index is 12.0. The topological polar surface area (TPSA) is 63.6 Å². The van der Waals surface area contributed by atoms with Gasteiger partial charge in [0.05, 0.1) is 18.9 Å². The molecule has 0 radical (unpaired) electrons. The van der Waals surface area contributed by atoms with Gasteiger partial charge in [0.1, 0.15) is 0 Å². The van der Waals surface area contributed by atoms with Crippen LogP contribution in [0.3, 0.4) is 0 Å². The van der Waals surface area contributed by atoms with Crippen LogP contribution in [-0.2, 0) is 14.3 Å². The zero-order valence-corrected chi connectivity index (χ0v) is 26.2. The molecule has 230 valence electrons. The number of allylic oxidation sites excluding steroid dienone is 2. The molecule has 0 aliphatic rings. The molecule has 1 N–H and O–H groups in total. The van der Waals surface area contributed by atoms with Gasteiger partial charge in [-0.1, -0.05) is 154 Å². The average molecular weight is 551 g/mol. The summed E-state index contributed by atoms with van der Waals surface area (Å²) in [5.41, 5.74) is 0. The van der Waals surface area contributed by atoms with Crippen LogP contribution in [0.1, 0.15) is 187 Å². The van der Waals surface area contributed by atoms with Gasteiger partial charge in [-0.3, -0.25) is 9.59 Å². The number of aliphatic carboxylic acids is 1. The predicted octanol–water partition coefficient (Wildman–Crippen LogP) is 11.4. The summed E-state index contributed by atoms with van der Waals surface area (Å²) in [5.74, 6) is -1.76. The number of carbonyl (C=O) groups is 2. The first-order chi connectivity index (χ1) is 19.1. The highest BCUT2D eigenvalue weighted by atomic mass is 16.5. The van der Waals surface area contributed by atoms with Crippen molar-refractivity contribution in [2.45, 2.75) is 187 Å². The molecule has 4 heteroatoms. The molecule has 0 amide bonds. The smallest absolute Gasteiger partial charge is 0.309 e. The zero-order chi connectivity index (χ0) is 28.7. The molecule has 39 heavy (non-hydrogen) atoms. The lowest BCUT2D eigenvalue weighted by Crippen LogP contribution is -2.21. The van der Waals surface area contributed by atoms with Crippen LogP contribution in [0.25, 0.3) is 0 Å². The van der Waals surface area contributed by atoms with Gasteiger partial charge in [0, 0.05) is 0 Å². The standard InChI is InChI=1S/C35H66O4/c1-3-5-6-7-8-9-10-11-12-13-14-15-16-17-18-19-20-21-22-23-24-25-26-27-28-29-30-33(32-34(36)37)35(38)39-31-4-2/h22-23,33H,3-21,24-32H2,1-2H3,(H,36,37)/b23-22+. The quantitative estimate of drug-likeness (QED) is 0.0529. The molecule has 0 aromatic heterocycles. The summed E-state index contributed by atoms with van der Waals surface area (Å²) < 4.78 is 5.15. The summed E-state index contributed by atoms with van der Waals surface area (Å²) in [5, 5.41) is 9.04. The molecule has 0 aromatic rings. The van der Waals surface area contributed by atoms with E-state index in [0.717, 1.165) is 32.1 Å². The van der Waals surface area contributed by atoms with E-state index in [-0.39, 0.29) is 12.4 Å². The van der Waals surface area contributed by atoms with E-state index in [9.17, 15) is 9.59 Å². The minimum absolute atomic E-state index is 0.118. The third kappa shape index (κ3) is 29.5. The molecule has 0 heterocycles. The molecule has 0 rings (SSSR count). The van der Waals surface area contributed by atoms with Crippen LogP contribution in [0, 0.1) is 5.92 Å². The van der Waals surface area contributed by atoms with Crippen LogP contribution < -0.4 is 0 Å². The molecule has 1 atom stereocenters. The Hall–Kier alpha value is -1.32. The Morgan fingerprint density at radius 1 is 0.564 bits per heavy atom. The number of ether oxygens (including phenoxy) is 1. The fourth-order valence-electron chi connectivity index (χ4n) is 5.24. The molecular formula is C35H66O4. The van der Waals surface area contributed by atoms with Crippen LogP contribution in [0.5, 0.6) is 0 Å². The summed E-state index contributed by atoms with van der Waals surface area (Å²) in [7, 11) is 0. The number of carboxylic acids is 1. The van der Waals surface area contributed by atoms with Gasteiger partial charge in [0.2, 0.25) is 0 Å². The van der Waals surface area contributed by atoms with Crippen molar-refractivity contribution >= 4 is 11.9 Å². The minimum atomic E-state index is -0.921. The van der Waals surface area contributed by atoms with Gasteiger partial charge in [-0.05, 0) is 38.5 Å². The Morgan fingerprint density at radius 2 is 0.949 bits per heavy atom. The SMILES string of the molecule is CCCCCCCCCCCCCCCCCCC/C=C/CCCCCCCC(CC(=O)O)C(=O)OCCC. The van der Waals surface area contributed by atoms with Crippen molar-refractivity contribution in [2.24, 2.45) is 5.92 Å². The monoisotopic (exact) mass is 550 g/mol. The Kier molecular flexibility index (Phi) is 30.2. The van der Waals surface area contributed by atoms with E-state index in [1.54, 1.807) is 0 Å². The molecule has 0 fully saturated rings. The highest BCUT2D eigenvalue weighted by Crippen LogP contribution is 2.18. The lowest BCUT2D eigenvalue weighted by atomic mass is 9.97. The van der Waals surface area contributed by atoms with Gasteiger partial charge >= 0.3 is 11.9 Å². The van der Waals surface area contributed by atoms with Gasteiger partial charge in [0.25, 0.3) is 0 Å². The maximum absolute atomic E-state index is 12.0. The largest absolute Gasteiger partial charge is 0.481 e. The van der Waals surface area contributed by atoms with Crippen LogP contribution >= 0.6 is 0 Å². The van der Waals surface area contributed by atoms with Crippen molar-refractivity contribution in [1.82, 2.24) is 0 Å². The van der Waals surface area contributed by atoms with Crippen molar-refractivity contribution in [3.63, 3.8) is 0 Å². The lowest BCUT2D eigenvalue weighted by Gasteiger charge is -2.13. The summed E-state index contributed by atoms with van der Waals surface area (Å²) >= 11 is 0. The van der Waals surface area contributed by atoms with Crippen LogP contribution in [0.4, 0.5) is 0 Å². The Bertz CT molecular complexity index is 557. The van der Waals surface area contributed by atoms with Crippen molar-refractivity contribution in [3.05, 3.63) is 12.2 Å². The van der Waals surface area contributed by atoms with Crippen LogP contribution in [-0.4, -0.2) is 23.7 Å². The van der Waals surface area contributed by atoms with E-state index >= 15 is 0 Å². The number of unbranched alkanes of at least 4 members (excludes halogenated alkanes) is 22. The molecule has 0 aliphatic heterocycles. The summed E-state index contributed by atoms with van der Waals surface area (Å²) in [6.07, 6.45) is 38.1. The number of hydrogen-bond acceptors (Lipinski definition) is 3. The number of esters is 1. The predicted molar refractivity (Wildman–Crippen MR) is 167 cm³/mol. The second kappa shape index (κ2) is 31.2. The first kappa shape index (κ1) is 37.7. The molecule has 0 bridgehead atoms. The van der Waals surface area contributed by atoms with Crippen LogP contribution in [0.2, 0.25) is 0 Å². The van der Waals surface area contributed by atoms with Gasteiger partial charge < -0.3 is 9.84 Å². The van der Waals surface area contributed by atoms with Gasteiger partial charge in [-0.15, -0.1) is 0 Å². The fourth-order valence-corrected chi connectivity index (χ4v) is 5.24. The molecule has 0 saturated carbocycles. The number of hydrogen-bond donors (Lipinski definition) is 1. The molecule has 1 unspecified atom stereocenters. The van der Waals surface area contributed by atoms with E-state index < -0.39 is 11.9 Å². The summed E-state index contributed by atoms with van der Waals surface area (Å²) in [4.78, 5) is 23.0. The Balaban J connectivity index is 3.37. The van der Waals surface area contributed by atoms with E-state index in [1.807, 2.05) is 6.92 Å². The summed E-state index contributed by atoms with van der Waals surface area (Å²) in [6.45, 7) is 4.61. The molecular weight excluding hydrogens is 484 g/mol. The van der Waals surface area contributed by atoms with Crippen molar-refractivity contribution in [3.8, 4) is 0 Å². The van der Waals surface area contributed by atoms with E-state index in [1.165, 1.54) is 128 Å². The average Bonchev–Trinajstić information content (AvgIpc) is 2.92. The fraction of sp³-hybridized carbons (Fsp3) is 0.886. The van der Waals surface area contributed by atoms with Crippen LogP contribution in [0.15, 0.2) is 12.2 Å². The Morgan fingerprint density at radius 3 is 1.33 bits per heavy atom. The minimum Gasteiger partial charge on any atom is -0.481 e. The van der Waals surface area contributed by atoms with Gasteiger partial charge in [0.15, 0.2) is 0 Å². The maximum Gasteiger partial charge on any atom is 0.309 e.